The zero-order chi connectivity index (χ0) is 25.2. The van der Waals surface area contributed by atoms with E-state index in [1.165, 1.54) is 53.8 Å². The van der Waals surface area contributed by atoms with E-state index in [0.717, 1.165) is 29.7 Å². The molecule has 4 aromatic rings. The smallest absolute Gasteiger partial charge is 0.271 e. The number of amides is 2. The maximum atomic E-state index is 12.9. The van der Waals surface area contributed by atoms with Crippen LogP contribution >= 0.6 is 22.7 Å². The summed E-state index contributed by atoms with van der Waals surface area (Å²) < 4.78 is 0. The lowest BCUT2D eigenvalue weighted by molar-refractivity contribution is 0.0653. The first-order valence-electron chi connectivity index (χ1n) is 12.7. The van der Waals surface area contributed by atoms with E-state index >= 15 is 0 Å². The average Bonchev–Trinajstić information content (AvgIpc) is 3.63. The summed E-state index contributed by atoms with van der Waals surface area (Å²) in [7, 11) is 0. The van der Waals surface area contributed by atoms with Crippen LogP contribution in [0.1, 0.15) is 76.1 Å². The number of carbonyl (C=O) groups is 2. The third kappa shape index (κ3) is 3.36. The summed E-state index contributed by atoms with van der Waals surface area (Å²) in [6, 6.07) is 19.9. The van der Waals surface area contributed by atoms with E-state index in [1.54, 1.807) is 0 Å². The lowest BCUT2D eigenvalue weighted by Gasteiger charge is -2.25. The molecule has 2 amide bonds. The maximum absolute atomic E-state index is 12.9. The van der Waals surface area contributed by atoms with E-state index in [4.69, 9.17) is 0 Å². The summed E-state index contributed by atoms with van der Waals surface area (Å²) >= 11 is 3.27. The Bertz CT molecular complexity index is 1510. The van der Waals surface area contributed by atoms with E-state index in [9.17, 15) is 9.59 Å². The highest BCUT2D eigenvalue weighted by atomic mass is 32.1. The third-order valence-electron chi connectivity index (χ3n) is 7.92. The number of carbonyl (C=O) groups excluding carboxylic acids is 2. The zero-order valence-electron chi connectivity index (χ0n) is 21.1. The van der Waals surface area contributed by atoms with E-state index in [0.29, 0.717) is 17.0 Å². The van der Waals surface area contributed by atoms with Gasteiger partial charge in [0.15, 0.2) is 0 Å². The van der Waals surface area contributed by atoms with Gasteiger partial charge in [0.05, 0.1) is 5.56 Å². The van der Waals surface area contributed by atoms with Crippen LogP contribution in [-0.2, 0) is 5.41 Å². The minimum Gasteiger partial charge on any atom is -0.274 e. The summed E-state index contributed by atoms with van der Waals surface area (Å²) in [5.74, 6) is -0.285. The Hall–Kier alpha value is -3.02. The quantitative estimate of drug-likeness (QED) is 0.243. The van der Waals surface area contributed by atoms with Crippen LogP contribution in [0.2, 0.25) is 0 Å². The largest absolute Gasteiger partial charge is 0.274 e. The molecule has 1 aliphatic heterocycles. The van der Waals surface area contributed by atoms with E-state index in [-0.39, 0.29) is 17.2 Å². The average molecular weight is 512 g/mol. The van der Waals surface area contributed by atoms with Gasteiger partial charge in [-0.1, -0.05) is 51.5 Å². The highest BCUT2D eigenvalue weighted by molar-refractivity contribution is 7.18. The molecule has 0 radical (unpaired) electrons. The van der Waals surface area contributed by atoms with Gasteiger partial charge in [-0.15, -0.1) is 22.7 Å². The summed E-state index contributed by atoms with van der Waals surface area (Å²) in [5, 5.41) is 0. The van der Waals surface area contributed by atoms with Gasteiger partial charge in [0.1, 0.15) is 4.88 Å². The van der Waals surface area contributed by atoms with Gasteiger partial charge in [-0.2, -0.15) is 0 Å². The molecular formula is C31H29NO2S2. The highest BCUT2D eigenvalue weighted by Crippen LogP contribution is 2.53. The van der Waals surface area contributed by atoms with Crippen molar-refractivity contribution in [2.45, 2.75) is 52.4 Å². The van der Waals surface area contributed by atoms with Crippen molar-refractivity contribution in [3.8, 4) is 32.0 Å². The molecule has 2 aliphatic rings. The predicted molar refractivity (Wildman–Crippen MR) is 150 cm³/mol. The number of aryl methyl sites for hydroxylation is 1. The second-order valence-corrected chi connectivity index (χ2v) is 12.4. The Labute approximate surface area is 220 Å². The first-order chi connectivity index (χ1) is 17.4. The Morgan fingerprint density at radius 2 is 1.44 bits per heavy atom. The van der Waals surface area contributed by atoms with Crippen molar-refractivity contribution in [3.63, 3.8) is 0 Å². The molecule has 5 heteroatoms. The number of benzene rings is 2. The van der Waals surface area contributed by atoms with Gasteiger partial charge >= 0.3 is 0 Å². The van der Waals surface area contributed by atoms with Crippen LogP contribution in [0, 0.1) is 6.92 Å². The monoisotopic (exact) mass is 511 g/mol. The van der Waals surface area contributed by atoms with Crippen molar-refractivity contribution in [1.82, 2.24) is 4.90 Å². The molecule has 2 aromatic heterocycles. The molecule has 3 nitrogen and oxygen atoms in total. The van der Waals surface area contributed by atoms with Crippen molar-refractivity contribution in [2.24, 2.45) is 0 Å². The molecule has 0 spiro atoms. The fourth-order valence-corrected chi connectivity index (χ4v) is 7.61. The van der Waals surface area contributed by atoms with E-state index < -0.39 is 0 Å². The first-order valence-corrected chi connectivity index (χ1v) is 14.4. The number of thiophene rings is 2. The van der Waals surface area contributed by atoms with Crippen LogP contribution < -0.4 is 0 Å². The van der Waals surface area contributed by atoms with E-state index in [2.05, 4.69) is 76.2 Å². The van der Waals surface area contributed by atoms with Gasteiger partial charge in [0.2, 0.25) is 0 Å². The van der Waals surface area contributed by atoms with Crippen molar-refractivity contribution < 1.29 is 9.59 Å². The molecule has 0 fully saturated rings. The molecule has 0 bridgehead atoms. The van der Waals surface area contributed by atoms with Crippen molar-refractivity contribution in [1.29, 1.82) is 0 Å². The Kier molecular flexibility index (Phi) is 5.54. The van der Waals surface area contributed by atoms with Gasteiger partial charge in [-0.25, -0.2) is 0 Å². The number of hydrogen-bond donors (Lipinski definition) is 0. The minimum atomic E-state index is -0.146. The standard InChI is InChI=1S/C31H29NO2S2/c1-5-7-14-32-29(33)23-17-27(36-28(23)30(32)34)20-10-12-25-22(16-20)21-15-19(26-13-8-18(3)35-26)9-11-24(21)31(25,4)6-2/h8-13,15-17H,5-7,14H2,1-4H3. The number of nitrogens with zero attached hydrogens (tertiary/aromatic N) is 1. The number of fused-ring (bicyclic) bond motifs is 4. The molecular weight excluding hydrogens is 482 g/mol. The lowest BCUT2D eigenvalue weighted by Crippen LogP contribution is -2.30. The van der Waals surface area contributed by atoms with Crippen LogP contribution in [0.4, 0.5) is 0 Å². The topological polar surface area (TPSA) is 37.4 Å². The maximum Gasteiger partial charge on any atom is 0.271 e. The number of imide groups is 1. The Morgan fingerprint density at radius 1 is 0.778 bits per heavy atom. The van der Waals surface area contributed by atoms with Crippen LogP contribution in [0.25, 0.3) is 32.0 Å². The Balaban J connectivity index is 1.43. The van der Waals surface area contributed by atoms with Gasteiger partial charge < -0.3 is 0 Å². The van der Waals surface area contributed by atoms with Gasteiger partial charge in [-0.3, -0.25) is 14.5 Å². The SMILES string of the molecule is CCCCN1C(=O)c2cc(-c3ccc4c(c3)-c3cc(-c5ccc(C)s5)ccc3C4(C)CC)sc2C1=O. The summed E-state index contributed by atoms with van der Waals surface area (Å²) in [5.41, 5.74) is 8.13. The predicted octanol–water partition coefficient (Wildman–Crippen LogP) is 8.54. The summed E-state index contributed by atoms with van der Waals surface area (Å²) in [4.78, 5) is 31.4. The molecule has 1 unspecified atom stereocenters. The molecule has 36 heavy (non-hydrogen) atoms. The minimum absolute atomic E-state index is 0.0317. The van der Waals surface area contributed by atoms with E-state index in [1.807, 2.05) is 17.4 Å². The zero-order valence-corrected chi connectivity index (χ0v) is 22.7. The molecule has 0 saturated heterocycles. The normalized spacial score (nSPS) is 18.1. The molecule has 3 heterocycles. The second-order valence-electron chi connectivity index (χ2n) is 10.1. The lowest BCUT2D eigenvalue weighted by atomic mass is 9.78. The van der Waals surface area contributed by atoms with Crippen LogP contribution in [0.15, 0.2) is 54.6 Å². The summed E-state index contributed by atoms with van der Waals surface area (Å²) in [6.45, 7) is 9.32. The summed E-state index contributed by atoms with van der Waals surface area (Å²) in [6.07, 6.45) is 2.82. The first kappa shape index (κ1) is 23.4. The molecule has 2 aromatic carbocycles. The van der Waals surface area contributed by atoms with Crippen molar-refractivity contribution >= 4 is 34.5 Å². The molecule has 1 aliphatic carbocycles. The van der Waals surface area contributed by atoms with Crippen LogP contribution in [0.5, 0.6) is 0 Å². The molecule has 0 saturated carbocycles. The molecule has 6 rings (SSSR count). The number of unbranched alkanes of at least 4 members (excludes halogenated alkanes) is 1. The fraction of sp³-hybridized carbons (Fsp3) is 0.290. The van der Waals surface area contributed by atoms with Crippen molar-refractivity contribution in [3.05, 3.63) is 81.0 Å². The second kappa shape index (κ2) is 8.53. The number of rotatable bonds is 6. The van der Waals surface area contributed by atoms with Crippen LogP contribution in [-0.4, -0.2) is 23.3 Å². The van der Waals surface area contributed by atoms with Gasteiger partial charge in [0, 0.05) is 26.6 Å². The number of hydrogen-bond acceptors (Lipinski definition) is 4. The van der Waals surface area contributed by atoms with Crippen LogP contribution in [0.3, 0.4) is 0 Å². The van der Waals surface area contributed by atoms with Crippen molar-refractivity contribution in [2.75, 3.05) is 6.54 Å². The van der Waals surface area contributed by atoms with Gasteiger partial charge in [0.25, 0.3) is 11.8 Å². The third-order valence-corrected chi connectivity index (χ3v) is 10.1. The molecule has 182 valence electrons. The molecule has 1 atom stereocenters. The highest BCUT2D eigenvalue weighted by Gasteiger charge is 2.40. The van der Waals surface area contributed by atoms with Gasteiger partial charge in [-0.05, 0) is 83.5 Å². The Morgan fingerprint density at radius 3 is 2.00 bits per heavy atom. The molecule has 0 N–H and O–H groups in total. The fourth-order valence-electron chi connectivity index (χ4n) is 5.65.